The molecule has 0 spiro atoms. The quantitative estimate of drug-likeness (QED) is 0.272. The minimum absolute atomic E-state index is 0. The molecule has 1 aliphatic heterocycles. The van der Waals surface area contributed by atoms with Crippen molar-refractivity contribution in [2.24, 2.45) is 5.41 Å². The normalized spacial score (nSPS) is 26.0. The van der Waals surface area contributed by atoms with Crippen molar-refractivity contribution in [1.82, 2.24) is 4.72 Å². The van der Waals surface area contributed by atoms with E-state index in [-0.39, 0.29) is 42.8 Å². The second-order valence-corrected chi connectivity index (χ2v) is 10.1. The van der Waals surface area contributed by atoms with Gasteiger partial charge in [0.2, 0.25) is 0 Å². The Morgan fingerprint density at radius 1 is 1.14 bits per heavy atom. The summed E-state index contributed by atoms with van der Waals surface area (Å²) >= 11 is 0. The van der Waals surface area contributed by atoms with E-state index in [0.717, 1.165) is 0 Å². The van der Waals surface area contributed by atoms with Gasteiger partial charge in [0, 0.05) is 19.1 Å². The number of rotatable bonds is 11. The first-order valence-electron chi connectivity index (χ1n) is 10.8. The molecule has 0 saturated carbocycles. The Balaban J connectivity index is 0.00000612. The maximum absolute atomic E-state index is 12.9. The Morgan fingerprint density at radius 3 is 2.20 bits per heavy atom. The summed E-state index contributed by atoms with van der Waals surface area (Å²) in [6.07, 6.45) is -6.44. The fourth-order valence-electron chi connectivity index (χ4n) is 3.70. The van der Waals surface area contributed by atoms with Crippen LogP contribution < -0.4 is 9.46 Å². The van der Waals surface area contributed by atoms with E-state index in [0.29, 0.717) is 11.3 Å². The summed E-state index contributed by atoms with van der Waals surface area (Å²) in [6.45, 7) is 6.74. The minimum atomic E-state index is -4.73. The number of methoxy groups -OCH3 is 2. The Labute approximate surface area is 229 Å². The van der Waals surface area contributed by atoms with Gasteiger partial charge in [-0.05, 0) is 24.6 Å². The third kappa shape index (κ3) is 9.00. The standard InChI is InChI=1S/C22H35NO10S.Na.H/c1-7-31-18-15(23-34(26,27)28)17(32-12-13-8-10-14(29-5)11-9-13)19(33-21(18)30-6)16(24)20(25)22(2,3)4;;/h8-11,15-19,21,23-24H,7,12H2,1-6H3,(H,26,27,28);;/t15-,16?,17-,18-,19+,21-;;/m0../s1. The Hall–Kier alpha value is -0.640. The van der Waals surface area contributed by atoms with Gasteiger partial charge in [-0.1, -0.05) is 32.9 Å². The number of ether oxygens (including phenoxy) is 5. The van der Waals surface area contributed by atoms with Gasteiger partial charge in [0.1, 0.15) is 30.2 Å². The van der Waals surface area contributed by atoms with Crippen molar-refractivity contribution in [2.45, 2.75) is 71.0 Å². The molecule has 0 bridgehead atoms. The van der Waals surface area contributed by atoms with Crippen molar-refractivity contribution in [2.75, 3.05) is 20.8 Å². The maximum atomic E-state index is 12.9. The van der Waals surface area contributed by atoms with Gasteiger partial charge in [-0.25, -0.2) is 0 Å². The summed E-state index contributed by atoms with van der Waals surface area (Å²) in [7, 11) is -1.88. The van der Waals surface area contributed by atoms with Gasteiger partial charge in [-0.2, -0.15) is 13.1 Å². The average Bonchev–Trinajstić information content (AvgIpc) is 2.77. The summed E-state index contributed by atoms with van der Waals surface area (Å²) < 4.78 is 63.3. The SMILES string of the molecule is CCO[C@@H]1[C@@H](OC)O[C@H](C(O)C(=O)C(C)(C)C)[C@@H](OCc2ccc(OC)cc2)[C@@H]1NS(=O)(=O)O.[NaH]. The molecule has 196 valence electrons. The molecule has 0 aliphatic carbocycles. The van der Waals surface area contributed by atoms with Crippen LogP contribution in [-0.4, -0.2) is 111 Å². The molecule has 0 radical (unpaired) electrons. The van der Waals surface area contributed by atoms with E-state index in [1.54, 1.807) is 52.0 Å². The van der Waals surface area contributed by atoms with Gasteiger partial charge in [-0.3, -0.25) is 9.35 Å². The summed E-state index contributed by atoms with van der Waals surface area (Å²) in [6, 6.07) is 5.70. The van der Waals surface area contributed by atoms with Gasteiger partial charge in [-0.15, -0.1) is 0 Å². The summed E-state index contributed by atoms with van der Waals surface area (Å²) in [5, 5.41) is 11.0. The molecule has 2 rings (SSSR count). The third-order valence-electron chi connectivity index (χ3n) is 5.39. The molecule has 11 nitrogen and oxygen atoms in total. The molecule has 1 fully saturated rings. The van der Waals surface area contributed by atoms with E-state index in [2.05, 4.69) is 4.72 Å². The molecule has 3 N–H and O–H groups in total. The number of aliphatic hydroxyl groups is 1. The number of carbonyl (C=O) groups excluding carboxylic acids is 1. The molecule has 1 heterocycles. The number of carbonyl (C=O) groups is 1. The molecule has 1 unspecified atom stereocenters. The second kappa shape index (κ2) is 13.8. The molecular weight excluding hydrogens is 493 g/mol. The van der Waals surface area contributed by atoms with Crippen molar-refractivity contribution in [3.63, 3.8) is 0 Å². The summed E-state index contributed by atoms with van der Waals surface area (Å²) in [5.41, 5.74) is -0.210. The van der Waals surface area contributed by atoms with E-state index >= 15 is 0 Å². The van der Waals surface area contributed by atoms with E-state index in [1.807, 2.05) is 0 Å². The van der Waals surface area contributed by atoms with Gasteiger partial charge in [0.05, 0.1) is 19.8 Å². The zero-order valence-corrected chi connectivity index (χ0v) is 21.1. The zero-order valence-electron chi connectivity index (χ0n) is 20.3. The number of nitrogens with one attached hydrogen (secondary N) is 1. The van der Waals surface area contributed by atoms with Crippen molar-refractivity contribution in [3.8, 4) is 5.75 Å². The molecule has 1 aromatic rings. The first-order valence-corrected chi connectivity index (χ1v) is 12.3. The van der Waals surface area contributed by atoms with Gasteiger partial charge in [0.15, 0.2) is 12.1 Å². The summed E-state index contributed by atoms with van der Waals surface area (Å²) in [4.78, 5) is 12.9. The number of aliphatic hydroxyl groups excluding tert-OH is 1. The first kappa shape index (κ1) is 32.4. The number of benzene rings is 1. The fraction of sp³-hybridized carbons (Fsp3) is 0.682. The molecule has 1 aliphatic rings. The van der Waals surface area contributed by atoms with Crippen LogP contribution in [0.25, 0.3) is 0 Å². The van der Waals surface area contributed by atoms with Crippen LogP contribution in [0.15, 0.2) is 24.3 Å². The van der Waals surface area contributed by atoms with Crippen molar-refractivity contribution >= 4 is 45.6 Å². The van der Waals surface area contributed by atoms with E-state index < -0.39 is 58.3 Å². The predicted octanol–water partition coefficient (Wildman–Crippen LogP) is 0.445. The predicted molar refractivity (Wildman–Crippen MR) is 129 cm³/mol. The van der Waals surface area contributed by atoms with Gasteiger partial charge in [0.25, 0.3) is 0 Å². The third-order valence-corrected chi connectivity index (χ3v) is 5.96. The zero-order chi connectivity index (χ0) is 25.7. The molecule has 1 aromatic carbocycles. The Bertz CT molecular complexity index is 906. The second-order valence-electron chi connectivity index (χ2n) is 8.93. The van der Waals surface area contributed by atoms with Crippen molar-refractivity contribution in [1.29, 1.82) is 0 Å². The fourth-order valence-corrected chi connectivity index (χ4v) is 4.31. The first-order chi connectivity index (χ1) is 15.8. The molecule has 13 heteroatoms. The van der Waals surface area contributed by atoms with Crippen LogP contribution in [0.2, 0.25) is 0 Å². The van der Waals surface area contributed by atoms with Gasteiger partial charge >= 0.3 is 39.9 Å². The Morgan fingerprint density at radius 2 is 1.74 bits per heavy atom. The van der Waals surface area contributed by atoms with Crippen LogP contribution >= 0.6 is 0 Å². The monoisotopic (exact) mass is 529 g/mol. The van der Waals surface area contributed by atoms with Crippen molar-refractivity contribution in [3.05, 3.63) is 29.8 Å². The molecule has 6 atom stereocenters. The van der Waals surface area contributed by atoms with Crippen LogP contribution in [-0.2, 0) is 40.7 Å². The molecular formula is C22H36NNaO10S. The summed E-state index contributed by atoms with van der Waals surface area (Å²) in [5.74, 6) is 0.102. The Kier molecular flexibility index (Phi) is 12.7. The van der Waals surface area contributed by atoms with Crippen LogP contribution in [0.5, 0.6) is 5.75 Å². The molecule has 35 heavy (non-hydrogen) atoms. The van der Waals surface area contributed by atoms with E-state index in [4.69, 9.17) is 23.7 Å². The van der Waals surface area contributed by atoms with Crippen LogP contribution in [0.3, 0.4) is 0 Å². The number of ketones is 1. The van der Waals surface area contributed by atoms with Crippen LogP contribution in [0, 0.1) is 5.41 Å². The average molecular weight is 530 g/mol. The van der Waals surface area contributed by atoms with Crippen LogP contribution in [0.4, 0.5) is 0 Å². The molecule has 0 aromatic heterocycles. The number of Topliss-reactive ketones (excluding diaryl/α,β-unsaturated/α-hetero) is 1. The van der Waals surface area contributed by atoms with Crippen molar-refractivity contribution < 1.29 is 46.6 Å². The van der Waals surface area contributed by atoms with Gasteiger partial charge < -0.3 is 28.8 Å². The van der Waals surface area contributed by atoms with E-state index in [1.165, 1.54) is 14.2 Å². The number of hydrogen-bond acceptors (Lipinski definition) is 9. The topological polar surface area (TPSA) is 150 Å². The molecule has 0 amide bonds. The molecule has 1 saturated heterocycles. The van der Waals surface area contributed by atoms with E-state index in [9.17, 15) is 22.9 Å². The van der Waals surface area contributed by atoms with Crippen LogP contribution in [0.1, 0.15) is 33.3 Å². The number of hydrogen-bond donors (Lipinski definition) is 3.